The van der Waals surface area contributed by atoms with Crippen molar-refractivity contribution in [1.82, 2.24) is 14.9 Å². The Labute approximate surface area is 172 Å². The van der Waals surface area contributed by atoms with Gasteiger partial charge < -0.3 is 9.26 Å². The minimum atomic E-state index is -0.680. The average molecular weight is 415 g/mol. The molecule has 1 amide bonds. The van der Waals surface area contributed by atoms with Crippen LogP contribution in [0.5, 0.6) is 0 Å². The number of rotatable bonds is 7. The summed E-state index contributed by atoms with van der Waals surface area (Å²) in [6.45, 7) is 3.58. The first-order chi connectivity index (χ1) is 13.9. The number of nitrogens with zero attached hydrogens (tertiary/aromatic N) is 3. The van der Waals surface area contributed by atoms with E-state index in [4.69, 9.17) is 20.9 Å². The van der Waals surface area contributed by atoms with E-state index in [1.54, 1.807) is 24.6 Å². The standard InChI is InChI=1S/C20H19ClN4O4/c1-13-10-18(29-24-13)22-17(26)12-28-19(27)9-8-16-14(2)23-25(20(16)21)11-15-6-4-3-5-7-15/h3-10H,11-12H2,1-2H3,(H,22,26)/b9-8+. The molecule has 3 aromatic rings. The summed E-state index contributed by atoms with van der Waals surface area (Å²) in [6, 6.07) is 11.3. The summed E-state index contributed by atoms with van der Waals surface area (Å²) >= 11 is 6.40. The zero-order valence-electron chi connectivity index (χ0n) is 15.9. The zero-order chi connectivity index (χ0) is 20.8. The molecule has 2 aromatic heterocycles. The van der Waals surface area contributed by atoms with Crippen LogP contribution in [0.1, 0.15) is 22.5 Å². The van der Waals surface area contributed by atoms with Crippen LogP contribution in [0.15, 0.2) is 47.0 Å². The lowest BCUT2D eigenvalue weighted by Gasteiger charge is -2.03. The lowest BCUT2D eigenvalue weighted by atomic mass is 10.2. The molecule has 0 radical (unpaired) electrons. The predicted molar refractivity (Wildman–Crippen MR) is 107 cm³/mol. The maximum absolute atomic E-state index is 11.9. The predicted octanol–water partition coefficient (Wildman–Crippen LogP) is 3.38. The van der Waals surface area contributed by atoms with E-state index in [1.807, 2.05) is 30.3 Å². The van der Waals surface area contributed by atoms with Gasteiger partial charge in [0.25, 0.3) is 5.91 Å². The van der Waals surface area contributed by atoms with Gasteiger partial charge in [-0.1, -0.05) is 47.1 Å². The number of halogens is 1. The third kappa shape index (κ3) is 5.55. The third-order valence-corrected chi connectivity index (χ3v) is 4.31. The van der Waals surface area contributed by atoms with Gasteiger partial charge in [0, 0.05) is 17.7 Å². The molecule has 0 aliphatic heterocycles. The molecule has 8 nitrogen and oxygen atoms in total. The second kappa shape index (κ2) is 9.20. The van der Waals surface area contributed by atoms with Crippen LogP contribution >= 0.6 is 11.6 Å². The Balaban J connectivity index is 1.56. The van der Waals surface area contributed by atoms with Crippen LogP contribution < -0.4 is 5.32 Å². The molecule has 2 heterocycles. The van der Waals surface area contributed by atoms with Crippen molar-refractivity contribution in [3.63, 3.8) is 0 Å². The Hall–Kier alpha value is -3.39. The van der Waals surface area contributed by atoms with Crippen molar-refractivity contribution >= 4 is 35.4 Å². The fourth-order valence-electron chi connectivity index (χ4n) is 2.55. The lowest BCUT2D eigenvalue weighted by molar-refractivity contribution is -0.142. The molecule has 3 rings (SSSR count). The van der Waals surface area contributed by atoms with Gasteiger partial charge in [-0.3, -0.25) is 10.1 Å². The van der Waals surface area contributed by atoms with Crippen LogP contribution in [0.2, 0.25) is 5.15 Å². The summed E-state index contributed by atoms with van der Waals surface area (Å²) in [4.78, 5) is 23.7. The van der Waals surface area contributed by atoms with Gasteiger partial charge in [0.2, 0.25) is 5.88 Å². The van der Waals surface area contributed by atoms with Crippen molar-refractivity contribution in [3.8, 4) is 0 Å². The molecule has 0 saturated heterocycles. The van der Waals surface area contributed by atoms with E-state index in [-0.39, 0.29) is 5.88 Å². The fourth-order valence-corrected chi connectivity index (χ4v) is 2.85. The molecule has 9 heteroatoms. The molecule has 0 saturated carbocycles. The van der Waals surface area contributed by atoms with E-state index in [1.165, 1.54) is 12.2 Å². The molecule has 29 heavy (non-hydrogen) atoms. The molecule has 0 spiro atoms. The summed E-state index contributed by atoms with van der Waals surface area (Å²) in [5.41, 5.74) is 2.97. The van der Waals surface area contributed by atoms with Crippen molar-refractivity contribution in [2.45, 2.75) is 20.4 Å². The number of aryl methyl sites for hydroxylation is 2. The first-order valence-electron chi connectivity index (χ1n) is 8.77. The van der Waals surface area contributed by atoms with Gasteiger partial charge in [0.05, 0.1) is 17.9 Å². The number of esters is 1. The summed E-state index contributed by atoms with van der Waals surface area (Å²) in [5.74, 6) is -1.03. The van der Waals surface area contributed by atoms with Gasteiger partial charge in [0.15, 0.2) is 6.61 Å². The normalized spacial score (nSPS) is 11.0. The lowest BCUT2D eigenvalue weighted by Crippen LogP contribution is -2.19. The van der Waals surface area contributed by atoms with Crippen molar-refractivity contribution in [2.24, 2.45) is 0 Å². The van der Waals surface area contributed by atoms with Gasteiger partial charge >= 0.3 is 5.97 Å². The Bertz CT molecular complexity index is 1040. The van der Waals surface area contributed by atoms with Gasteiger partial charge in [-0.15, -0.1) is 0 Å². The number of hydrogen-bond donors (Lipinski definition) is 1. The molecular formula is C20H19ClN4O4. The SMILES string of the molecule is Cc1cc(NC(=O)COC(=O)/C=C/c2c(C)nn(Cc3ccccc3)c2Cl)on1. The maximum atomic E-state index is 11.9. The van der Waals surface area contributed by atoms with Gasteiger partial charge in [-0.2, -0.15) is 5.10 Å². The van der Waals surface area contributed by atoms with Gasteiger partial charge in [0.1, 0.15) is 5.15 Å². The van der Waals surface area contributed by atoms with E-state index in [9.17, 15) is 9.59 Å². The fraction of sp³-hybridized carbons (Fsp3) is 0.200. The average Bonchev–Trinajstić information content (AvgIpc) is 3.22. The molecule has 0 aliphatic rings. The Morgan fingerprint density at radius 2 is 2.03 bits per heavy atom. The van der Waals surface area contributed by atoms with E-state index in [2.05, 4.69) is 15.6 Å². The molecule has 1 N–H and O–H groups in total. The summed E-state index contributed by atoms with van der Waals surface area (Å²) in [7, 11) is 0. The van der Waals surface area contributed by atoms with Gasteiger partial charge in [-0.05, 0) is 25.5 Å². The molecule has 0 atom stereocenters. The Kier molecular flexibility index (Phi) is 6.46. The highest BCUT2D eigenvalue weighted by Crippen LogP contribution is 2.22. The first kappa shape index (κ1) is 20.3. The van der Waals surface area contributed by atoms with Gasteiger partial charge in [-0.25, -0.2) is 9.48 Å². The molecule has 150 valence electrons. The van der Waals surface area contributed by atoms with Crippen LogP contribution in [-0.2, 0) is 20.9 Å². The highest BCUT2D eigenvalue weighted by Gasteiger charge is 2.13. The Morgan fingerprint density at radius 1 is 1.28 bits per heavy atom. The second-order valence-electron chi connectivity index (χ2n) is 6.25. The third-order valence-electron chi connectivity index (χ3n) is 3.91. The maximum Gasteiger partial charge on any atom is 0.331 e. The number of benzene rings is 1. The molecule has 1 aromatic carbocycles. The van der Waals surface area contributed by atoms with Crippen molar-refractivity contribution in [2.75, 3.05) is 11.9 Å². The van der Waals surface area contributed by atoms with Crippen LogP contribution in [0.25, 0.3) is 6.08 Å². The van der Waals surface area contributed by atoms with E-state index in [0.717, 1.165) is 5.56 Å². The largest absolute Gasteiger partial charge is 0.452 e. The smallest absolute Gasteiger partial charge is 0.331 e. The minimum absolute atomic E-state index is 0.187. The monoisotopic (exact) mass is 414 g/mol. The number of hydrogen-bond acceptors (Lipinski definition) is 6. The molecule has 0 bridgehead atoms. The number of carbonyl (C=O) groups excluding carboxylic acids is 2. The number of amides is 1. The van der Waals surface area contributed by atoms with E-state index in [0.29, 0.717) is 28.6 Å². The van der Waals surface area contributed by atoms with Crippen molar-refractivity contribution < 1.29 is 18.8 Å². The Morgan fingerprint density at radius 3 is 2.72 bits per heavy atom. The molecule has 0 fully saturated rings. The van der Waals surface area contributed by atoms with Crippen LogP contribution in [0.4, 0.5) is 5.88 Å². The second-order valence-corrected chi connectivity index (χ2v) is 6.61. The van der Waals surface area contributed by atoms with Crippen LogP contribution in [0.3, 0.4) is 0 Å². The first-order valence-corrected chi connectivity index (χ1v) is 9.15. The number of nitrogens with one attached hydrogen (secondary N) is 1. The summed E-state index contributed by atoms with van der Waals surface area (Å²) in [6.07, 6.45) is 2.72. The number of anilines is 1. The molecular weight excluding hydrogens is 396 g/mol. The summed E-state index contributed by atoms with van der Waals surface area (Å²) in [5, 5.41) is 10.9. The minimum Gasteiger partial charge on any atom is -0.452 e. The highest BCUT2D eigenvalue weighted by atomic mass is 35.5. The molecule has 0 unspecified atom stereocenters. The van der Waals surface area contributed by atoms with E-state index >= 15 is 0 Å². The van der Waals surface area contributed by atoms with Crippen LogP contribution in [0, 0.1) is 13.8 Å². The number of carbonyl (C=O) groups is 2. The quantitative estimate of drug-likeness (QED) is 0.470. The summed E-state index contributed by atoms with van der Waals surface area (Å²) < 4.78 is 11.4. The van der Waals surface area contributed by atoms with Crippen molar-refractivity contribution in [1.29, 1.82) is 0 Å². The number of aromatic nitrogens is 3. The highest BCUT2D eigenvalue weighted by molar-refractivity contribution is 6.31. The van der Waals surface area contributed by atoms with Crippen molar-refractivity contribution in [3.05, 3.63) is 70.1 Å². The van der Waals surface area contributed by atoms with E-state index < -0.39 is 18.5 Å². The topological polar surface area (TPSA) is 99.2 Å². The van der Waals surface area contributed by atoms with Crippen LogP contribution in [-0.4, -0.2) is 33.4 Å². The molecule has 0 aliphatic carbocycles. The number of ether oxygens (including phenoxy) is 1. The zero-order valence-corrected chi connectivity index (χ0v) is 16.6.